The predicted octanol–water partition coefficient (Wildman–Crippen LogP) is 3.03. The zero-order valence-corrected chi connectivity index (χ0v) is 15.5. The predicted molar refractivity (Wildman–Crippen MR) is 102 cm³/mol. The van der Waals surface area contributed by atoms with E-state index in [9.17, 15) is 14.4 Å². The van der Waals surface area contributed by atoms with Crippen LogP contribution in [0.25, 0.3) is 0 Å². The molecule has 0 spiro atoms. The first-order valence-electron chi connectivity index (χ1n) is 8.11. The largest absolute Gasteiger partial charge is 0.481 e. The first-order valence-corrected chi connectivity index (χ1v) is 9.98. The van der Waals surface area contributed by atoms with E-state index in [0.29, 0.717) is 30.0 Å². The highest BCUT2D eigenvalue weighted by atomic mass is 32.2. The van der Waals surface area contributed by atoms with Gasteiger partial charge in [-0.2, -0.15) is 0 Å². The second-order valence-electron chi connectivity index (χ2n) is 5.92. The lowest BCUT2D eigenvalue weighted by atomic mass is 10.1. The lowest BCUT2D eigenvalue weighted by Crippen LogP contribution is -2.29. The number of benzene rings is 1. The van der Waals surface area contributed by atoms with Crippen LogP contribution in [0.2, 0.25) is 0 Å². The van der Waals surface area contributed by atoms with E-state index in [4.69, 9.17) is 5.11 Å². The summed E-state index contributed by atoms with van der Waals surface area (Å²) in [5.74, 6) is -1.31. The number of thioether (sulfide) groups is 1. The van der Waals surface area contributed by atoms with Crippen LogP contribution in [0.5, 0.6) is 0 Å². The van der Waals surface area contributed by atoms with Gasteiger partial charge in [-0.05, 0) is 42.1 Å². The molecular formula is C18H18N2O4S2. The highest BCUT2D eigenvalue weighted by Gasteiger charge is 2.31. The van der Waals surface area contributed by atoms with Gasteiger partial charge in [0.05, 0.1) is 15.9 Å². The number of carboxylic acids is 1. The molecule has 0 aliphatic carbocycles. The highest BCUT2D eigenvalue weighted by molar-refractivity contribution is 8.01. The zero-order valence-electron chi connectivity index (χ0n) is 13.9. The Morgan fingerprint density at radius 3 is 2.62 bits per heavy atom. The number of hydrogen-bond donors (Lipinski definition) is 2. The van der Waals surface area contributed by atoms with Crippen LogP contribution in [-0.4, -0.2) is 46.6 Å². The van der Waals surface area contributed by atoms with E-state index in [1.807, 2.05) is 17.5 Å². The lowest BCUT2D eigenvalue weighted by molar-refractivity contribution is -0.141. The van der Waals surface area contributed by atoms with Crippen molar-refractivity contribution in [3.8, 4) is 0 Å². The average Bonchev–Trinajstić information content (AvgIpc) is 3.32. The van der Waals surface area contributed by atoms with E-state index in [1.165, 1.54) is 11.8 Å². The average molecular weight is 390 g/mol. The molecule has 1 aromatic carbocycles. The quantitative estimate of drug-likeness (QED) is 0.741. The first-order chi connectivity index (χ1) is 12.5. The van der Waals surface area contributed by atoms with Crippen LogP contribution in [0.4, 0.5) is 5.69 Å². The summed E-state index contributed by atoms with van der Waals surface area (Å²) < 4.78 is 1.09. The Morgan fingerprint density at radius 2 is 2.00 bits per heavy atom. The molecule has 1 aromatic heterocycles. The molecule has 136 valence electrons. The molecule has 2 aromatic rings. The van der Waals surface area contributed by atoms with Crippen LogP contribution < -0.4 is 5.32 Å². The van der Waals surface area contributed by atoms with E-state index >= 15 is 0 Å². The second kappa shape index (κ2) is 8.37. The van der Waals surface area contributed by atoms with E-state index in [0.717, 1.165) is 4.21 Å². The number of likely N-dealkylation sites (tertiary alicyclic amines) is 1. The molecule has 6 nitrogen and oxygen atoms in total. The Labute approximate surface area is 159 Å². The Balaban J connectivity index is 1.52. The summed E-state index contributed by atoms with van der Waals surface area (Å²) in [6, 6.07) is 10.6. The number of thiophene rings is 1. The van der Waals surface area contributed by atoms with E-state index in [1.54, 1.807) is 40.5 Å². The number of anilines is 1. The van der Waals surface area contributed by atoms with Crippen molar-refractivity contribution in [1.82, 2.24) is 4.90 Å². The van der Waals surface area contributed by atoms with Crippen molar-refractivity contribution in [2.45, 2.75) is 10.6 Å². The molecule has 2 N–H and O–H groups in total. The molecule has 1 aliphatic rings. The molecule has 1 aliphatic heterocycles. The molecule has 2 amide bonds. The maximum absolute atomic E-state index is 12.4. The van der Waals surface area contributed by atoms with Gasteiger partial charge in [-0.25, -0.2) is 0 Å². The molecule has 1 fully saturated rings. The fourth-order valence-corrected chi connectivity index (χ4v) is 4.29. The third-order valence-corrected chi connectivity index (χ3v) is 6.21. The number of rotatable bonds is 6. The van der Waals surface area contributed by atoms with Gasteiger partial charge >= 0.3 is 5.97 Å². The van der Waals surface area contributed by atoms with Crippen molar-refractivity contribution < 1.29 is 19.5 Å². The summed E-state index contributed by atoms with van der Waals surface area (Å²) in [6.07, 6.45) is 0.483. The number of nitrogens with one attached hydrogen (secondary N) is 1. The van der Waals surface area contributed by atoms with Crippen molar-refractivity contribution >= 4 is 46.6 Å². The van der Waals surface area contributed by atoms with Gasteiger partial charge in [0.15, 0.2) is 0 Å². The topological polar surface area (TPSA) is 86.7 Å². The molecule has 1 atom stereocenters. The van der Waals surface area contributed by atoms with E-state index in [2.05, 4.69) is 5.32 Å². The third-order valence-electron chi connectivity index (χ3n) is 4.08. The van der Waals surface area contributed by atoms with Gasteiger partial charge in [-0.3, -0.25) is 14.4 Å². The smallest absolute Gasteiger partial charge is 0.308 e. The fraction of sp³-hybridized carbons (Fsp3) is 0.278. The number of carbonyl (C=O) groups is 3. The number of carbonyl (C=O) groups excluding carboxylic acids is 2. The van der Waals surface area contributed by atoms with Crippen molar-refractivity contribution in [2.75, 3.05) is 24.2 Å². The summed E-state index contributed by atoms with van der Waals surface area (Å²) in [6.45, 7) is 0.695. The van der Waals surface area contributed by atoms with Gasteiger partial charge in [0.25, 0.3) is 5.91 Å². The summed E-state index contributed by atoms with van der Waals surface area (Å²) in [7, 11) is 0. The van der Waals surface area contributed by atoms with Crippen molar-refractivity contribution in [2.24, 2.45) is 5.92 Å². The SMILES string of the molecule is O=C(CSc1cccs1)Nc1ccc(C(=O)N2CCC(C(=O)O)C2)cc1. The lowest BCUT2D eigenvalue weighted by Gasteiger charge is -2.16. The standard InChI is InChI=1S/C18H18N2O4S2/c21-15(11-26-16-2-1-9-25-16)19-14-5-3-12(4-6-14)17(22)20-8-7-13(10-20)18(23)24/h1-6,9,13H,7-8,10-11H2,(H,19,21)(H,23,24). The molecule has 1 unspecified atom stereocenters. The first kappa shape index (κ1) is 18.5. The summed E-state index contributed by atoms with van der Waals surface area (Å²) in [5, 5.41) is 13.8. The molecule has 1 saturated heterocycles. The molecule has 26 heavy (non-hydrogen) atoms. The minimum absolute atomic E-state index is 0.105. The monoisotopic (exact) mass is 390 g/mol. The Morgan fingerprint density at radius 1 is 1.23 bits per heavy atom. The van der Waals surface area contributed by atoms with Gasteiger partial charge in [-0.15, -0.1) is 23.1 Å². The normalized spacial score (nSPS) is 16.5. The molecule has 0 saturated carbocycles. The number of hydrogen-bond acceptors (Lipinski definition) is 5. The summed E-state index contributed by atoms with van der Waals surface area (Å²) in [4.78, 5) is 37.0. The van der Waals surface area contributed by atoms with Gasteiger partial charge in [0, 0.05) is 24.3 Å². The van der Waals surface area contributed by atoms with Crippen molar-refractivity contribution in [1.29, 1.82) is 0 Å². The van der Waals surface area contributed by atoms with Gasteiger partial charge in [-0.1, -0.05) is 6.07 Å². The number of aliphatic carboxylic acids is 1. The highest BCUT2D eigenvalue weighted by Crippen LogP contribution is 2.23. The molecule has 2 heterocycles. The number of nitrogens with zero attached hydrogens (tertiary/aromatic N) is 1. The molecule has 8 heteroatoms. The maximum atomic E-state index is 12.4. The summed E-state index contributed by atoms with van der Waals surface area (Å²) >= 11 is 3.07. The zero-order chi connectivity index (χ0) is 18.5. The minimum atomic E-state index is -0.862. The maximum Gasteiger partial charge on any atom is 0.308 e. The van der Waals surface area contributed by atoms with Crippen molar-refractivity contribution in [3.63, 3.8) is 0 Å². The van der Waals surface area contributed by atoms with Crippen LogP contribution in [0.3, 0.4) is 0 Å². The molecule has 0 radical (unpaired) electrons. The minimum Gasteiger partial charge on any atom is -0.481 e. The Kier molecular flexibility index (Phi) is 5.95. The van der Waals surface area contributed by atoms with Crippen LogP contribution in [0, 0.1) is 5.92 Å². The van der Waals surface area contributed by atoms with E-state index < -0.39 is 11.9 Å². The molecule has 3 rings (SSSR count). The van der Waals surface area contributed by atoms with Crippen LogP contribution in [-0.2, 0) is 9.59 Å². The van der Waals surface area contributed by atoms with E-state index in [-0.39, 0.29) is 18.4 Å². The van der Waals surface area contributed by atoms with Crippen LogP contribution in [0.1, 0.15) is 16.8 Å². The van der Waals surface area contributed by atoms with Gasteiger partial charge in [0.1, 0.15) is 0 Å². The molecular weight excluding hydrogens is 372 g/mol. The van der Waals surface area contributed by atoms with Crippen LogP contribution >= 0.6 is 23.1 Å². The van der Waals surface area contributed by atoms with Crippen molar-refractivity contribution in [3.05, 3.63) is 47.3 Å². The fourth-order valence-electron chi connectivity index (χ4n) is 2.70. The van der Waals surface area contributed by atoms with Gasteiger partial charge < -0.3 is 15.3 Å². The van der Waals surface area contributed by atoms with Gasteiger partial charge in [0.2, 0.25) is 5.91 Å². The Hall–Kier alpha value is -2.32. The second-order valence-corrected chi connectivity index (χ2v) is 8.14. The van der Waals surface area contributed by atoms with Crippen LogP contribution in [0.15, 0.2) is 46.0 Å². The third kappa shape index (κ3) is 4.64. The summed E-state index contributed by atoms with van der Waals surface area (Å²) in [5.41, 5.74) is 1.12. The number of carboxylic acid groups (broad SMARTS) is 1. The number of amides is 2. The molecule has 0 bridgehead atoms. The Bertz CT molecular complexity index is 790.